The number of benzene rings is 1. The fourth-order valence-electron chi connectivity index (χ4n) is 4.61. The van der Waals surface area contributed by atoms with Crippen molar-refractivity contribution in [3.63, 3.8) is 0 Å². The van der Waals surface area contributed by atoms with Crippen molar-refractivity contribution in [2.24, 2.45) is 0 Å². The Morgan fingerprint density at radius 2 is 2.10 bits per heavy atom. The highest BCUT2D eigenvalue weighted by Gasteiger charge is 2.39. The standard InChI is InChI=1S/C23H30FN5O2/c1-13-6-15(11-25)18(9-17(13)23(2)4-5-26-12-20(23)24)27-21-10-19(14-7-16(30)8-14)28-22(29-21)31-3/h6,9-11,14,16,20,25-26,30H,4-5,7-8,12H2,1-3H3,(H,27,28,29). The predicted molar refractivity (Wildman–Crippen MR) is 119 cm³/mol. The summed E-state index contributed by atoms with van der Waals surface area (Å²) in [6, 6.07) is 5.98. The maximum Gasteiger partial charge on any atom is 0.318 e. The highest BCUT2D eigenvalue weighted by Crippen LogP contribution is 2.40. The summed E-state index contributed by atoms with van der Waals surface area (Å²) in [6.45, 7) is 5.05. The molecule has 7 nitrogen and oxygen atoms in total. The second-order valence-corrected chi connectivity index (χ2v) is 8.85. The molecule has 1 saturated heterocycles. The van der Waals surface area contributed by atoms with Crippen LogP contribution in [0.4, 0.5) is 15.9 Å². The van der Waals surface area contributed by atoms with E-state index >= 15 is 0 Å². The molecule has 0 radical (unpaired) electrons. The topological polar surface area (TPSA) is 103 Å². The average molecular weight is 428 g/mol. The van der Waals surface area contributed by atoms with Gasteiger partial charge in [0, 0.05) is 41.4 Å². The summed E-state index contributed by atoms with van der Waals surface area (Å²) in [4.78, 5) is 8.85. The molecule has 1 aliphatic heterocycles. The van der Waals surface area contributed by atoms with Gasteiger partial charge in [0.25, 0.3) is 0 Å². The van der Waals surface area contributed by atoms with Crippen molar-refractivity contribution < 1.29 is 14.2 Å². The van der Waals surface area contributed by atoms with Gasteiger partial charge < -0.3 is 25.9 Å². The number of aliphatic hydroxyl groups is 1. The van der Waals surface area contributed by atoms with Crippen molar-refractivity contribution in [1.29, 1.82) is 5.41 Å². The lowest BCUT2D eigenvalue weighted by molar-refractivity contribution is 0.0729. The molecule has 2 heterocycles. The van der Waals surface area contributed by atoms with E-state index in [0.29, 0.717) is 42.9 Å². The molecule has 4 N–H and O–H groups in total. The Kier molecular flexibility index (Phi) is 5.94. The van der Waals surface area contributed by atoms with E-state index in [-0.39, 0.29) is 18.0 Å². The van der Waals surface area contributed by atoms with Crippen molar-refractivity contribution >= 4 is 17.7 Å². The third-order valence-electron chi connectivity index (χ3n) is 6.71. The Bertz CT molecular complexity index is 979. The molecule has 0 amide bonds. The summed E-state index contributed by atoms with van der Waals surface area (Å²) in [5.41, 5.74) is 3.54. The van der Waals surface area contributed by atoms with Crippen molar-refractivity contribution in [3.05, 3.63) is 40.6 Å². The number of methoxy groups -OCH3 is 1. The third kappa shape index (κ3) is 4.14. The number of nitrogens with zero attached hydrogens (tertiary/aromatic N) is 2. The predicted octanol–water partition coefficient (Wildman–Crippen LogP) is 3.36. The van der Waals surface area contributed by atoms with Crippen LogP contribution in [0.15, 0.2) is 18.2 Å². The van der Waals surface area contributed by atoms with Crippen LogP contribution >= 0.6 is 0 Å². The minimum absolute atomic E-state index is 0.171. The number of hydrogen-bond donors (Lipinski definition) is 4. The fourth-order valence-corrected chi connectivity index (χ4v) is 4.61. The molecule has 2 aromatic rings. The SMILES string of the molecule is COc1nc(Nc2cc(C3(C)CCNCC3F)c(C)cc2C=N)cc(C2CC(O)C2)n1. The molecule has 2 unspecified atom stereocenters. The fraction of sp³-hybridized carbons (Fsp3) is 0.522. The van der Waals surface area contributed by atoms with Crippen molar-refractivity contribution in [2.75, 3.05) is 25.5 Å². The lowest BCUT2D eigenvalue weighted by atomic mass is 9.71. The minimum atomic E-state index is -0.991. The van der Waals surface area contributed by atoms with Crippen LogP contribution in [0.25, 0.3) is 0 Å². The van der Waals surface area contributed by atoms with Crippen molar-refractivity contribution in [1.82, 2.24) is 15.3 Å². The number of anilines is 2. The van der Waals surface area contributed by atoms with E-state index < -0.39 is 11.6 Å². The molecule has 1 aromatic heterocycles. The number of nitrogens with one attached hydrogen (secondary N) is 3. The van der Waals surface area contributed by atoms with Crippen LogP contribution in [0.2, 0.25) is 0 Å². The summed E-state index contributed by atoms with van der Waals surface area (Å²) in [5.74, 6) is 0.720. The Morgan fingerprint density at radius 1 is 1.32 bits per heavy atom. The number of hydrogen-bond acceptors (Lipinski definition) is 7. The summed E-state index contributed by atoms with van der Waals surface area (Å²) in [7, 11) is 1.52. The normalized spacial score (nSPS) is 28.0. The van der Waals surface area contributed by atoms with Gasteiger partial charge in [-0.1, -0.05) is 6.92 Å². The molecule has 31 heavy (non-hydrogen) atoms. The van der Waals surface area contributed by atoms with E-state index in [2.05, 4.69) is 20.6 Å². The molecule has 166 valence electrons. The van der Waals surface area contributed by atoms with Crippen LogP contribution in [0.3, 0.4) is 0 Å². The van der Waals surface area contributed by atoms with E-state index in [0.717, 1.165) is 23.4 Å². The molecular formula is C23H30FN5O2. The third-order valence-corrected chi connectivity index (χ3v) is 6.71. The molecule has 1 saturated carbocycles. The van der Waals surface area contributed by atoms with E-state index in [1.165, 1.54) is 13.3 Å². The molecule has 0 spiro atoms. The highest BCUT2D eigenvalue weighted by atomic mass is 19.1. The number of aromatic nitrogens is 2. The number of rotatable bonds is 6. The van der Waals surface area contributed by atoms with Gasteiger partial charge in [-0.2, -0.15) is 9.97 Å². The Morgan fingerprint density at radius 3 is 2.74 bits per heavy atom. The largest absolute Gasteiger partial charge is 0.467 e. The Hall–Kier alpha value is -2.58. The van der Waals surface area contributed by atoms with Gasteiger partial charge in [-0.05, 0) is 56.0 Å². The number of piperidine rings is 1. The average Bonchev–Trinajstić information content (AvgIpc) is 2.74. The minimum Gasteiger partial charge on any atom is -0.467 e. The smallest absolute Gasteiger partial charge is 0.318 e. The quantitative estimate of drug-likeness (QED) is 0.527. The molecule has 2 fully saturated rings. The zero-order chi connectivity index (χ0) is 22.2. The lowest BCUT2D eigenvalue weighted by Crippen LogP contribution is -2.48. The summed E-state index contributed by atoms with van der Waals surface area (Å²) < 4.78 is 20.2. The van der Waals surface area contributed by atoms with Gasteiger partial charge in [-0.25, -0.2) is 4.39 Å². The van der Waals surface area contributed by atoms with Gasteiger partial charge in [0.15, 0.2) is 0 Å². The first-order valence-corrected chi connectivity index (χ1v) is 10.7. The second kappa shape index (κ2) is 8.51. The zero-order valence-corrected chi connectivity index (χ0v) is 18.2. The molecule has 1 aromatic carbocycles. The van der Waals surface area contributed by atoms with Crippen LogP contribution in [-0.2, 0) is 5.41 Å². The first kappa shape index (κ1) is 21.6. The van der Waals surface area contributed by atoms with Gasteiger partial charge in [-0.3, -0.25) is 0 Å². The Balaban J connectivity index is 1.71. The summed E-state index contributed by atoms with van der Waals surface area (Å²) in [6.07, 6.45) is 2.06. The monoisotopic (exact) mass is 427 g/mol. The maximum atomic E-state index is 15.0. The van der Waals surface area contributed by atoms with E-state index in [9.17, 15) is 9.50 Å². The van der Waals surface area contributed by atoms with Crippen molar-refractivity contribution in [3.8, 4) is 6.01 Å². The summed E-state index contributed by atoms with van der Waals surface area (Å²) >= 11 is 0. The first-order valence-electron chi connectivity index (χ1n) is 10.7. The second-order valence-electron chi connectivity index (χ2n) is 8.85. The lowest BCUT2D eigenvalue weighted by Gasteiger charge is -2.39. The van der Waals surface area contributed by atoms with Gasteiger partial charge in [0.1, 0.15) is 12.0 Å². The van der Waals surface area contributed by atoms with E-state index in [1.807, 2.05) is 32.0 Å². The van der Waals surface area contributed by atoms with Crippen LogP contribution in [-0.4, -0.2) is 53.8 Å². The maximum absolute atomic E-state index is 15.0. The number of aryl methyl sites for hydroxylation is 1. The molecule has 4 rings (SSSR count). The van der Waals surface area contributed by atoms with Crippen LogP contribution < -0.4 is 15.4 Å². The molecular weight excluding hydrogens is 397 g/mol. The van der Waals surface area contributed by atoms with Crippen LogP contribution in [0, 0.1) is 12.3 Å². The molecule has 2 atom stereocenters. The number of aliphatic hydroxyl groups excluding tert-OH is 1. The molecule has 8 heteroatoms. The molecule has 2 aliphatic rings. The first-order chi connectivity index (χ1) is 14.8. The number of alkyl halides is 1. The van der Waals surface area contributed by atoms with Crippen LogP contribution in [0.1, 0.15) is 54.5 Å². The molecule has 1 aliphatic carbocycles. The van der Waals surface area contributed by atoms with E-state index in [1.54, 1.807) is 0 Å². The van der Waals surface area contributed by atoms with Gasteiger partial charge in [0.2, 0.25) is 0 Å². The molecule has 0 bridgehead atoms. The van der Waals surface area contributed by atoms with E-state index in [4.69, 9.17) is 10.1 Å². The summed E-state index contributed by atoms with van der Waals surface area (Å²) in [5, 5.41) is 24.0. The Labute approximate surface area is 182 Å². The highest BCUT2D eigenvalue weighted by molar-refractivity contribution is 5.88. The van der Waals surface area contributed by atoms with Gasteiger partial charge in [0.05, 0.1) is 18.9 Å². The number of halogens is 1. The van der Waals surface area contributed by atoms with Crippen molar-refractivity contribution in [2.45, 2.75) is 56.7 Å². The van der Waals surface area contributed by atoms with Gasteiger partial charge in [-0.15, -0.1) is 0 Å². The number of ether oxygens (including phenoxy) is 1. The van der Waals surface area contributed by atoms with Gasteiger partial charge >= 0.3 is 6.01 Å². The zero-order valence-electron chi connectivity index (χ0n) is 18.2. The van der Waals surface area contributed by atoms with Crippen LogP contribution in [0.5, 0.6) is 6.01 Å².